The normalized spacial score (nSPS) is 16.9. The van der Waals surface area contributed by atoms with Crippen molar-refractivity contribution in [1.82, 2.24) is 15.0 Å². The Morgan fingerprint density at radius 1 is 1.00 bits per heavy atom. The number of aromatic nitrogens is 2. The van der Waals surface area contributed by atoms with Gasteiger partial charge < -0.3 is 9.26 Å². The first kappa shape index (κ1) is 17.7. The molecule has 1 aliphatic heterocycles. The van der Waals surface area contributed by atoms with Crippen LogP contribution in [0.3, 0.4) is 0 Å². The Hall–Kier alpha value is -2.66. The number of likely N-dealkylation sites (tertiary alicyclic amines) is 1. The Labute approximate surface area is 160 Å². The molecule has 140 valence electrons. The lowest BCUT2D eigenvalue weighted by atomic mass is 9.72. The molecule has 0 bridgehead atoms. The van der Waals surface area contributed by atoms with Gasteiger partial charge in [-0.25, -0.2) is 0 Å². The molecule has 1 aromatic heterocycles. The molecule has 2 aromatic carbocycles. The fourth-order valence-electron chi connectivity index (χ4n) is 3.84. The van der Waals surface area contributed by atoms with Gasteiger partial charge in [-0.15, -0.1) is 0 Å². The van der Waals surface area contributed by atoms with Crippen molar-refractivity contribution in [2.75, 3.05) is 26.2 Å². The summed E-state index contributed by atoms with van der Waals surface area (Å²) in [6.07, 6.45) is 1.92. The molecule has 5 heteroatoms. The van der Waals surface area contributed by atoms with Crippen LogP contribution < -0.4 is 4.74 Å². The highest BCUT2D eigenvalue weighted by Gasteiger charge is 2.42. The molecule has 0 radical (unpaired) electrons. The molecule has 3 aromatic rings. The van der Waals surface area contributed by atoms with Gasteiger partial charge in [-0.2, -0.15) is 4.98 Å². The van der Waals surface area contributed by atoms with E-state index in [1.54, 1.807) is 0 Å². The van der Waals surface area contributed by atoms with Crippen molar-refractivity contribution in [3.63, 3.8) is 0 Å². The standard InChI is InChI=1S/C22H25N3O2/c1-18-23-21(27-24-18)22(19-8-4-2-5-9-19)12-14-25(15-13-22)16-17-26-20-10-6-3-7-11-20/h2-11H,12-17H2,1H3. The van der Waals surface area contributed by atoms with E-state index in [9.17, 15) is 0 Å². The van der Waals surface area contributed by atoms with E-state index >= 15 is 0 Å². The zero-order valence-corrected chi connectivity index (χ0v) is 15.7. The molecule has 0 N–H and O–H groups in total. The number of nitrogens with zero attached hydrogens (tertiary/aromatic N) is 3. The smallest absolute Gasteiger partial charge is 0.237 e. The molecule has 0 aliphatic carbocycles. The number of rotatable bonds is 6. The van der Waals surface area contributed by atoms with E-state index in [2.05, 4.69) is 39.3 Å². The molecule has 5 nitrogen and oxygen atoms in total. The predicted molar refractivity (Wildman–Crippen MR) is 104 cm³/mol. The minimum atomic E-state index is -0.195. The summed E-state index contributed by atoms with van der Waals surface area (Å²) in [5.74, 6) is 2.36. The van der Waals surface area contributed by atoms with Crippen LogP contribution in [0.15, 0.2) is 65.2 Å². The summed E-state index contributed by atoms with van der Waals surface area (Å²) in [6.45, 7) is 5.45. The Kier molecular flexibility index (Phi) is 5.21. The van der Waals surface area contributed by atoms with Gasteiger partial charge in [0.1, 0.15) is 12.4 Å². The van der Waals surface area contributed by atoms with Crippen molar-refractivity contribution >= 4 is 0 Å². The highest BCUT2D eigenvalue weighted by molar-refractivity contribution is 5.33. The van der Waals surface area contributed by atoms with Crippen LogP contribution in [0.25, 0.3) is 0 Å². The van der Waals surface area contributed by atoms with Crippen molar-refractivity contribution in [2.24, 2.45) is 0 Å². The van der Waals surface area contributed by atoms with E-state index in [1.165, 1.54) is 5.56 Å². The molecule has 2 heterocycles. The lowest BCUT2D eigenvalue weighted by Gasteiger charge is -2.39. The molecule has 0 unspecified atom stereocenters. The van der Waals surface area contributed by atoms with E-state index in [0.717, 1.165) is 44.1 Å². The molecule has 1 aliphatic rings. The molecule has 0 atom stereocenters. The number of benzene rings is 2. The van der Waals surface area contributed by atoms with Crippen LogP contribution in [-0.4, -0.2) is 41.3 Å². The highest BCUT2D eigenvalue weighted by atomic mass is 16.5. The Balaban J connectivity index is 1.42. The Bertz CT molecular complexity index is 840. The number of piperidine rings is 1. The minimum Gasteiger partial charge on any atom is -0.492 e. The molecule has 4 rings (SSSR count). The Morgan fingerprint density at radius 2 is 1.67 bits per heavy atom. The number of hydrogen-bond acceptors (Lipinski definition) is 5. The van der Waals surface area contributed by atoms with Crippen molar-refractivity contribution in [2.45, 2.75) is 25.2 Å². The number of aryl methyl sites for hydroxylation is 1. The zero-order valence-electron chi connectivity index (χ0n) is 15.7. The van der Waals surface area contributed by atoms with Gasteiger partial charge in [0.15, 0.2) is 5.82 Å². The fourth-order valence-corrected chi connectivity index (χ4v) is 3.84. The summed E-state index contributed by atoms with van der Waals surface area (Å²) in [5, 5.41) is 4.04. The van der Waals surface area contributed by atoms with Crippen LogP contribution in [0.5, 0.6) is 5.75 Å². The maximum atomic E-state index is 5.85. The number of para-hydroxylation sites is 1. The lowest BCUT2D eigenvalue weighted by molar-refractivity contribution is 0.135. The molecule has 27 heavy (non-hydrogen) atoms. The SMILES string of the molecule is Cc1noc(C2(c3ccccc3)CCN(CCOc3ccccc3)CC2)n1. The summed E-state index contributed by atoms with van der Waals surface area (Å²) in [6, 6.07) is 20.5. The maximum Gasteiger partial charge on any atom is 0.237 e. The summed E-state index contributed by atoms with van der Waals surface area (Å²) in [4.78, 5) is 7.04. The van der Waals surface area contributed by atoms with Gasteiger partial charge in [0.2, 0.25) is 5.89 Å². The van der Waals surface area contributed by atoms with Crippen molar-refractivity contribution in [3.05, 3.63) is 77.9 Å². The quantitative estimate of drug-likeness (QED) is 0.666. The third-order valence-electron chi connectivity index (χ3n) is 5.39. The summed E-state index contributed by atoms with van der Waals surface area (Å²) in [5.41, 5.74) is 1.06. The molecular weight excluding hydrogens is 338 g/mol. The Morgan fingerprint density at radius 3 is 2.30 bits per heavy atom. The van der Waals surface area contributed by atoms with E-state index in [1.807, 2.05) is 43.3 Å². The van der Waals surface area contributed by atoms with Gasteiger partial charge in [-0.3, -0.25) is 4.90 Å². The first-order valence-corrected chi connectivity index (χ1v) is 9.53. The van der Waals surface area contributed by atoms with Crippen LogP contribution in [0.2, 0.25) is 0 Å². The van der Waals surface area contributed by atoms with Gasteiger partial charge in [-0.05, 0) is 50.6 Å². The largest absolute Gasteiger partial charge is 0.492 e. The highest BCUT2D eigenvalue weighted by Crippen LogP contribution is 2.40. The van der Waals surface area contributed by atoms with E-state index in [-0.39, 0.29) is 5.41 Å². The van der Waals surface area contributed by atoms with Crippen molar-refractivity contribution < 1.29 is 9.26 Å². The number of ether oxygens (including phenoxy) is 1. The molecule has 0 saturated carbocycles. The zero-order chi connectivity index (χ0) is 18.5. The monoisotopic (exact) mass is 363 g/mol. The summed E-state index contributed by atoms with van der Waals surface area (Å²) >= 11 is 0. The molecule has 0 amide bonds. The van der Waals surface area contributed by atoms with E-state index < -0.39 is 0 Å². The average molecular weight is 363 g/mol. The van der Waals surface area contributed by atoms with Gasteiger partial charge >= 0.3 is 0 Å². The maximum absolute atomic E-state index is 5.85. The topological polar surface area (TPSA) is 51.4 Å². The minimum absolute atomic E-state index is 0.195. The third kappa shape index (κ3) is 3.88. The second-order valence-electron chi connectivity index (χ2n) is 7.10. The van der Waals surface area contributed by atoms with Crippen LogP contribution in [-0.2, 0) is 5.41 Å². The fraction of sp³-hybridized carbons (Fsp3) is 0.364. The van der Waals surface area contributed by atoms with E-state index in [4.69, 9.17) is 9.26 Å². The van der Waals surface area contributed by atoms with Gasteiger partial charge in [0, 0.05) is 6.54 Å². The van der Waals surface area contributed by atoms with Gasteiger partial charge in [-0.1, -0.05) is 53.7 Å². The van der Waals surface area contributed by atoms with Crippen molar-refractivity contribution in [3.8, 4) is 5.75 Å². The van der Waals surface area contributed by atoms with Crippen LogP contribution >= 0.6 is 0 Å². The average Bonchev–Trinajstić information content (AvgIpc) is 3.17. The second kappa shape index (κ2) is 7.92. The van der Waals surface area contributed by atoms with Gasteiger partial charge in [0.25, 0.3) is 0 Å². The summed E-state index contributed by atoms with van der Waals surface area (Å²) in [7, 11) is 0. The van der Waals surface area contributed by atoms with E-state index in [0.29, 0.717) is 12.4 Å². The third-order valence-corrected chi connectivity index (χ3v) is 5.39. The number of hydrogen-bond donors (Lipinski definition) is 0. The van der Waals surface area contributed by atoms with Crippen LogP contribution in [0, 0.1) is 6.92 Å². The molecule has 1 fully saturated rings. The van der Waals surface area contributed by atoms with Crippen molar-refractivity contribution in [1.29, 1.82) is 0 Å². The molecule has 1 saturated heterocycles. The van der Waals surface area contributed by atoms with Gasteiger partial charge in [0.05, 0.1) is 5.41 Å². The molecule has 0 spiro atoms. The lowest BCUT2D eigenvalue weighted by Crippen LogP contribution is -2.44. The first-order chi connectivity index (χ1) is 13.3. The second-order valence-corrected chi connectivity index (χ2v) is 7.10. The molecular formula is C22H25N3O2. The van der Waals surface area contributed by atoms with Crippen LogP contribution in [0.4, 0.5) is 0 Å². The summed E-state index contributed by atoms with van der Waals surface area (Å²) < 4.78 is 11.5. The first-order valence-electron chi connectivity index (χ1n) is 9.53. The predicted octanol–water partition coefficient (Wildman–Crippen LogP) is 3.84. The van der Waals surface area contributed by atoms with Crippen LogP contribution in [0.1, 0.15) is 30.1 Å².